The summed E-state index contributed by atoms with van der Waals surface area (Å²) in [5.41, 5.74) is 0.587. The van der Waals surface area contributed by atoms with E-state index in [0.29, 0.717) is 5.69 Å². The maximum Gasteiger partial charge on any atom is 0.387 e. The van der Waals surface area contributed by atoms with Crippen molar-refractivity contribution in [1.29, 1.82) is 0 Å². The van der Waals surface area contributed by atoms with Crippen LogP contribution in [0.3, 0.4) is 0 Å². The molecule has 0 fully saturated rings. The van der Waals surface area contributed by atoms with Gasteiger partial charge < -0.3 is 14.8 Å². The molecule has 0 aliphatic heterocycles. The molecule has 23 heavy (non-hydrogen) atoms. The number of hydrogen-bond acceptors (Lipinski definition) is 3. The van der Waals surface area contributed by atoms with Crippen LogP contribution in [0.2, 0.25) is 0 Å². The number of halogens is 4. The summed E-state index contributed by atoms with van der Waals surface area (Å²) in [7, 11) is 0. The number of carbonyl (C=O) groups excluding carboxylic acids is 1. The third kappa shape index (κ3) is 5.17. The van der Waals surface area contributed by atoms with E-state index in [0.717, 1.165) is 0 Å². The number of rotatable bonds is 6. The number of nitrogens with one attached hydrogen (secondary N) is 1. The van der Waals surface area contributed by atoms with Crippen molar-refractivity contribution in [3.05, 3.63) is 54.1 Å². The molecule has 0 aliphatic carbocycles. The van der Waals surface area contributed by atoms with Gasteiger partial charge >= 0.3 is 13.2 Å². The van der Waals surface area contributed by atoms with E-state index in [-0.39, 0.29) is 17.1 Å². The van der Waals surface area contributed by atoms with Crippen LogP contribution in [-0.4, -0.2) is 19.1 Å². The Hall–Kier alpha value is -2.77. The molecule has 0 unspecified atom stereocenters. The lowest BCUT2D eigenvalue weighted by molar-refractivity contribution is -0.0505. The summed E-state index contributed by atoms with van der Waals surface area (Å²) in [5, 5.41) is 2.53. The van der Waals surface area contributed by atoms with Gasteiger partial charge in [0.05, 0.1) is 0 Å². The van der Waals surface area contributed by atoms with Gasteiger partial charge in [-0.3, -0.25) is 4.79 Å². The number of alkyl halides is 4. The maximum absolute atomic E-state index is 12.0. The van der Waals surface area contributed by atoms with Crippen LogP contribution < -0.4 is 14.8 Å². The molecular formula is C15H11F4NO3. The number of anilines is 1. The van der Waals surface area contributed by atoms with Gasteiger partial charge in [0.25, 0.3) is 5.91 Å². The molecule has 2 aromatic rings. The van der Waals surface area contributed by atoms with Gasteiger partial charge in [0.1, 0.15) is 11.5 Å². The van der Waals surface area contributed by atoms with Crippen LogP contribution in [0.5, 0.6) is 11.5 Å². The molecule has 8 heteroatoms. The van der Waals surface area contributed by atoms with Crippen molar-refractivity contribution in [2.45, 2.75) is 13.2 Å². The second-order valence-electron chi connectivity index (χ2n) is 4.26. The molecule has 0 saturated heterocycles. The molecule has 0 heterocycles. The molecule has 0 saturated carbocycles. The first-order chi connectivity index (χ1) is 10.9. The lowest BCUT2D eigenvalue weighted by Gasteiger charge is -2.08. The normalized spacial score (nSPS) is 10.7. The lowest BCUT2D eigenvalue weighted by Crippen LogP contribution is -2.12. The van der Waals surface area contributed by atoms with Crippen LogP contribution in [0.25, 0.3) is 0 Å². The number of hydrogen-bond donors (Lipinski definition) is 1. The van der Waals surface area contributed by atoms with Gasteiger partial charge in [-0.2, -0.15) is 17.6 Å². The van der Waals surface area contributed by atoms with E-state index in [1.165, 1.54) is 48.5 Å². The quantitative estimate of drug-likeness (QED) is 0.810. The van der Waals surface area contributed by atoms with E-state index in [4.69, 9.17) is 0 Å². The van der Waals surface area contributed by atoms with E-state index < -0.39 is 19.1 Å². The average Bonchev–Trinajstić information content (AvgIpc) is 2.49. The lowest BCUT2D eigenvalue weighted by atomic mass is 10.2. The average molecular weight is 329 g/mol. The summed E-state index contributed by atoms with van der Waals surface area (Å²) in [6, 6.07) is 10.5. The summed E-state index contributed by atoms with van der Waals surface area (Å²) in [5.74, 6) is -0.590. The van der Waals surface area contributed by atoms with E-state index in [1.54, 1.807) is 0 Å². The van der Waals surface area contributed by atoms with Gasteiger partial charge in [-0.15, -0.1) is 0 Å². The Balaban J connectivity index is 1.98. The molecular weight excluding hydrogens is 318 g/mol. The molecule has 1 N–H and O–H groups in total. The predicted octanol–water partition coefficient (Wildman–Crippen LogP) is 4.14. The van der Waals surface area contributed by atoms with Gasteiger partial charge in [-0.05, 0) is 48.5 Å². The minimum absolute atomic E-state index is 0.0356. The SMILES string of the molecule is O=C(Nc1ccc(OC(F)F)cc1)c1ccc(OC(F)F)cc1. The highest BCUT2D eigenvalue weighted by atomic mass is 19.3. The third-order valence-corrected chi connectivity index (χ3v) is 2.68. The van der Waals surface area contributed by atoms with Crippen LogP contribution in [0.4, 0.5) is 23.2 Å². The zero-order valence-corrected chi connectivity index (χ0v) is 11.5. The second kappa shape index (κ2) is 7.48. The molecule has 2 rings (SSSR count). The Kier molecular flexibility index (Phi) is 5.40. The van der Waals surface area contributed by atoms with Crippen LogP contribution in [0, 0.1) is 0 Å². The molecule has 0 aliphatic rings. The van der Waals surface area contributed by atoms with Crippen LogP contribution in [0.15, 0.2) is 48.5 Å². The number of carbonyl (C=O) groups is 1. The zero-order valence-electron chi connectivity index (χ0n) is 11.5. The van der Waals surface area contributed by atoms with Crippen LogP contribution in [-0.2, 0) is 0 Å². The Morgan fingerprint density at radius 3 is 1.65 bits per heavy atom. The van der Waals surface area contributed by atoms with Crippen molar-refractivity contribution in [3.63, 3.8) is 0 Å². The largest absolute Gasteiger partial charge is 0.435 e. The Morgan fingerprint density at radius 2 is 1.22 bits per heavy atom. The van der Waals surface area contributed by atoms with Gasteiger partial charge in [0.2, 0.25) is 0 Å². The van der Waals surface area contributed by atoms with Crippen LogP contribution in [0.1, 0.15) is 10.4 Å². The highest BCUT2D eigenvalue weighted by Crippen LogP contribution is 2.19. The second-order valence-corrected chi connectivity index (χ2v) is 4.26. The van der Waals surface area contributed by atoms with E-state index >= 15 is 0 Å². The fourth-order valence-electron chi connectivity index (χ4n) is 1.71. The summed E-state index contributed by atoms with van der Waals surface area (Å²) in [4.78, 5) is 12.0. The molecule has 0 bridgehead atoms. The topological polar surface area (TPSA) is 47.6 Å². The molecule has 0 spiro atoms. The smallest absolute Gasteiger partial charge is 0.387 e. The molecule has 4 nitrogen and oxygen atoms in total. The van der Waals surface area contributed by atoms with Crippen molar-refractivity contribution in [2.24, 2.45) is 0 Å². The fraction of sp³-hybridized carbons (Fsp3) is 0.133. The molecule has 122 valence electrons. The van der Waals surface area contributed by atoms with Crippen molar-refractivity contribution in [2.75, 3.05) is 5.32 Å². The van der Waals surface area contributed by atoms with Gasteiger partial charge in [-0.25, -0.2) is 0 Å². The highest BCUT2D eigenvalue weighted by Gasteiger charge is 2.09. The predicted molar refractivity (Wildman–Crippen MR) is 74.1 cm³/mol. The van der Waals surface area contributed by atoms with E-state index in [1.807, 2.05) is 0 Å². The van der Waals surface area contributed by atoms with Gasteiger partial charge in [0.15, 0.2) is 0 Å². The van der Waals surface area contributed by atoms with Crippen molar-refractivity contribution < 1.29 is 31.8 Å². The zero-order chi connectivity index (χ0) is 16.8. The minimum Gasteiger partial charge on any atom is -0.435 e. The standard InChI is InChI=1S/C15H11F4NO3/c16-14(17)22-11-5-1-9(2-6-11)13(21)20-10-3-7-12(8-4-10)23-15(18)19/h1-8,14-15H,(H,20,21). The first-order valence-electron chi connectivity index (χ1n) is 6.35. The minimum atomic E-state index is -2.94. The molecule has 0 aromatic heterocycles. The number of benzene rings is 2. The highest BCUT2D eigenvalue weighted by molar-refractivity contribution is 6.04. The number of ether oxygens (including phenoxy) is 2. The van der Waals surface area contributed by atoms with Gasteiger partial charge in [0, 0.05) is 11.3 Å². The van der Waals surface area contributed by atoms with Crippen molar-refractivity contribution in [1.82, 2.24) is 0 Å². The fourth-order valence-corrected chi connectivity index (χ4v) is 1.71. The Labute approximate surface area is 128 Å². The third-order valence-electron chi connectivity index (χ3n) is 2.68. The van der Waals surface area contributed by atoms with Gasteiger partial charge in [-0.1, -0.05) is 0 Å². The molecule has 0 atom stereocenters. The Morgan fingerprint density at radius 1 is 0.783 bits per heavy atom. The first-order valence-corrected chi connectivity index (χ1v) is 6.35. The summed E-state index contributed by atoms with van der Waals surface area (Å²) in [6.07, 6.45) is 0. The van der Waals surface area contributed by atoms with E-state index in [9.17, 15) is 22.4 Å². The summed E-state index contributed by atoms with van der Waals surface area (Å²) < 4.78 is 56.4. The van der Waals surface area contributed by atoms with Crippen LogP contribution >= 0.6 is 0 Å². The molecule has 2 aromatic carbocycles. The summed E-state index contributed by atoms with van der Waals surface area (Å²) in [6.45, 7) is -5.87. The Bertz CT molecular complexity index is 645. The first kappa shape index (κ1) is 16.6. The molecule has 0 radical (unpaired) electrons. The molecule has 1 amide bonds. The number of amides is 1. The van der Waals surface area contributed by atoms with Crippen molar-refractivity contribution >= 4 is 11.6 Å². The van der Waals surface area contributed by atoms with E-state index in [2.05, 4.69) is 14.8 Å². The maximum atomic E-state index is 12.0. The van der Waals surface area contributed by atoms with Crippen molar-refractivity contribution in [3.8, 4) is 11.5 Å². The monoisotopic (exact) mass is 329 g/mol. The summed E-state index contributed by atoms with van der Waals surface area (Å²) >= 11 is 0.